The maximum atomic E-state index is 11.4. The molecule has 0 N–H and O–H groups in total. The topological polar surface area (TPSA) is 53.8 Å². The second kappa shape index (κ2) is 3.27. The Hall–Kier alpha value is -1.21. The van der Waals surface area contributed by atoms with E-state index in [-0.39, 0.29) is 5.78 Å². The lowest BCUT2D eigenvalue weighted by atomic mass is 10.0. The summed E-state index contributed by atoms with van der Waals surface area (Å²) in [5, 5.41) is 9.26. The minimum absolute atomic E-state index is 0.140. The van der Waals surface area contributed by atoms with Crippen molar-refractivity contribution in [3.05, 3.63) is 15.6 Å². The van der Waals surface area contributed by atoms with Gasteiger partial charge in [0.2, 0.25) is 0 Å². The molecule has 0 bridgehead atoms. The number of hydrogen-bond donors (Lipinski definition) is 0. The fourth-order valence-electron chi connectivity index (χ4n) is 1.46. The predicted molar refractivity (Wildman–Crippen MR) is 48.7 cm³/mol. The standard InChI is InChI=1S/C9H8N2OS/c10-5-4-8-11-9-6(12)2-1-3-7(9)13-8/h1-4H2. The molecule has 0 aliphatic heterocycles. The van der Waals surface area contributed by atoms with Crippen LogP contribution < -0.4 is 0 Å². The van der Waals surface area contributed by atoms with Crippen LogP contribution in [-0.4, -0.2) is 10.8 Å². The molecule has 0 spiro atoms. The Balaban J connectivity index is 2.37. The summed E-state index contributed by atoms with van der Waals surface area (Å²) < 4.78 is 0. The zero-order chi connectivity index (χ0) is 9.26. The van der Waals surface area contributed by atoms with Gasteiger partial charge in [0.25, 0.3) is 0 Å². The molecule has 0 saturated heterocycles. The van der Waals surface area contributed by atoms with E-state index in [0.717, 1.165) is 22.7 Å². The number of rotatable bonds is 1. The van der Waals surface area contributed by atoms with Crippen LogP contribution in [0.5, 0.6) is 0 Å². The second-order valence-corrected chi connectivity index (χ2v) is 4.16. The van der Waals surface area contributed by atoms with Crippen LogP contribution in [0.1, 0.15) is 33.2 Å². The summed E-state index contributed by atoms with van der Waals surface area (Å²) in [6, 6.07) is 2.04. The van der Waals surface area contributed by atoms with Gasteiger partial charge in [0.05, 0.1) is 12.5 Å². The summed E-state index contributed by atoms with van der Waals surface area (Å²) in [6.45, 7) is 0. The summed E-state index contributed by atoms with van der Waals surface area (Å²) >= 11 is 1.51. The number of hydrogen-bond acceptors (Lipinski definition) is 4. The fraction of sp³-hybridized carbons (Fsp3) is 0.444. The number of carbonyl (C=O) groups excluding carboxylic acids is 1. The SMILES string of the molecule is N#CCc1nc2c(s1)CCCC2=O. The molecular formula is C9H8N2OS. The number of aromatic nitrogens is 1. The van der Waals surface area contributed by atoms with E-state index in [4.69, 9.17) is 5.26 Å². The third kappa shape index (κ3) is 1.47. The largest absolute Gasteiger partial charge is 0.292 e. The molecule has 0 aromatic carbocycles. The number of fused-ring (bicyclic) bond motifs is 1. The number of nitriles is 1. The van der Waals surface area contributed by atoms with Gasteiger partial charge in [0.15, 0.2) is 5.78 Å². The molecule has 0 radical (unpaired) electrons. The van der Waals surface area contributed by atoms with Gasteiger partial charge in [-0.15, -0.1) is 11.3 Å². The quantitative estimate of drug-likeness (QED) is 0.680. The van der Waals surface area contributed by atoms with E-state index in [1.54, 1.807) is 0 Å². The Bertz CT molecular complexity index is 389. The number of nitrogens with zero attached hydrogens (tertiary/aromatic N) is 2. The summed E-state index contributed by atoms with van der Waals surface area (Å²) in [4.78, 5) is 16.6. The lowest BCUT2D eigenvalue weighted by molar-refractivity contribution is 0.0968. The highest BCUT2D eigenvalue weighted by Gasteiger charge is 2.21. The Kier molecular flexibility index (Phi) is 2.11. The molecule has 13 heavy (non-hydrogen) atoms. The molecule has 0 unspecified atom stereocenters. The van der Waals surface area contributed by atoms with Gasteiger partial charge in [-0.05, 0) is 12.8 Å². The number of carbonyl (C=O) groups is 1. The van der Waals surface area contributed by atoms with E-state index in [1.165, 1.54) is 11.3 Å². The van der Waals surface area contributed by atoms with Gasteiger partial charge in [0.1, 0.15) is 10.7 Å². The van der Waals surface area contributed by atoms with Crippen LogP contribution in [0.15, 0.2) is 0 Å². The maximum absolute atomic E-state index is 11.4. The first-order chi connectivity index (χ1) is 6.31. The minimum Gasteiger partial charge on any atom is -0.292 e. The molecule has 1 aromatic rings. The summed E-state index contributed by atoms with van der Waals surface area (Å²) in [7, 11) is 0. The van der Waals surface area contributed by atoms with Crippen molar-refractivity contribution in [2.45, 2.75) is 25.7 Å². The third-order valence-electron chi connectivity index (χ3n) is 2.04. The van der Waals surface area contributed by atoms with Crippen LogP contribution in [-0.2, 0) is 12.8 Å². The van der Waals surface area contributed by atoms with Crippen molar-refractivity contribution in [1.82, 2.24) is 4.98 Å². The molecule has 1 aromatic heterocycles. The normalized spacial score (nSPS) is 15.2. The van der Waals surface area contributed by atoms with Gasteiger partial charge in [0, 0.05) is 11.3 Å². The molecule has 1 aliphatic rings. The van der Waals surface area contributed by atoms with E-state index in [2.05, 4.69) is 4.98 Å². The van der Waals surface area contributed by atoms with E-state index in [9.17, 15) is 4.79 Å². The number of thiazole rings is 1. The smallest absolute Gasteiger partial charge is 0.182 e. The van der Waals surface area contributed by atoms with Crippen molar-refractivity contribution in [2.24, 2.45) is 0 Å². The molecule has 4 heteroatoms. The molecule has 0 amide bonds. The van der Waals surface area contributed by atoms with Gasteiger partial charge in [-0.25, -0.2) is 4.98 Å². The molecule has 3 nitrogen and oxygen atoms in total. The molecule has 0 atom stereocenters. The van der Waals surface area contributed by atoms with Gasteiger partial charge in [-0.1, -0.05) is 0 Å². The van der Waals surface area contributed by atoms with Crippen LogP contribution in [0.25, 0.3) is 0 Å². The zero-order valence-corrected chi connectivity index (χ0v) is 7.86. The number of aryl methyl sites for hydroxylation is 1. The Morgan fingerprint density at radius 2 is 2.38 bits per heavy atom. The van der Waals surface area contributed by atoms with Crippen LogP contribution in [0.4, 0.5) is 0 Å². The summed E-state index contributed by atoms with van der Waals surface area (Å²) in [6.07, 6.45) is 2.82. The van der Waals surface area contributed by atoms with E-state index in [0.29, 0.717) is 18.5 Å². The predicted octanol–water partition coefficient (Wildman–Crippen LogP) is 1.73. The highest BCUT2D eigenvalue weighted by atomic mass is 32.1. The van der Waals surface area contributed by atoms with Crippen molar-refractivity contribution in [1.29, 1.82) is 5.26 Å². The zero-order valence-electron chi connectivity index (χ0n) is 7.04. The van der Waals surface area contributed by atoms with E-state index < -0.39 is 0 Å². The van der Waals surface area contributed by atoms with Gasteiger partial charge in [-0.3, -0.25) is 4.79 Å². The van der Waals surface area contributed by atoms with E-state index in [1.807, 2.05) is 6.07 Å². The third-order valence-corrected chi connectivity index (χ3v) is 3.16. The molecule has 66 valence electrons. The lowest BCUT2D eigenvalue weighted by Gasteiger charge is -2.06. The first kappa shape index (κ1) is 8.39. The van der Waals surface area contributed by atoms with Crippen LogP contribution in [0.3, 0.4) is 0 Å². The minimum atomic E-state index is 0.140. The maximum Gasteiger partial charge on any atom is 0.182 e. The monoisotopic (exact) mass is 192 g/mol. The van der Waals surface area contributed by atoms with Crippen molar-refractivity contribution in [2.75, 3.05) is 0 Å². The Morgan fingerprint density at radius 1 is 1.54 bits per heavy atom. The fourth-order valence-corrected chi connectivity index (χ4v) is 2.52. The second-order valence-electron chi connectivity index (χ2n) is 2.99. The average molecular weight is 192 g/mol. The van der Waals surface area contributed by atoms with Crippen LogP contribution in [0.2, 0.25) is 0 Å². The molecule has 1 heterocycles. The molecule has 0 saturated carbocycles. The van der Waals surface area contributed by atoms with Crippen molar-refractivity contribution in [3.8, 4) is 6.07 Å². The van der Waals surface area contributed by atoms with Crippen LogP contribution >= 0.6 is 11.3 Å². The number of ketones is 1. The van der Waals surface area contributed by atoms with Crippen molar-refractivity contribution in [3.63, 3.8) is 0 Å². The molecular weight excluding hydrogens is 184 g/mol. The van der Waals surface area contributed by atoms with Gasteiger partial charge >= 0.3 is 0 Å². The van der Waals surface area contributed by atoms with Crippen molar-refractivity contribution < 1.29 is 4.79 Å². The van der Waals surface area contributed by atoms with Crippen LogP contribution in [0, 0.1) is 11.3 Å². The average Bonchev–Trinajstić information content (AvgIpc) is 2.49. The van der Waals surface area contributed by atoms with Gasteiger partial charge in [-0.2, -0.15) is 5.26 Å². The van der Waals surface area contributed by atoms with Gasteiger partial charge < -0.3 is 0 Å². The highest BCUT2D eigenvalue weighted by Crippen LogP contribution is 2.26. The highest BCUT2D eigenvalue weighted by molar-refractivity contribution is 7.12. The first-order valence-corrected chi connectivity index (χ1v) is 5.01. The first-order valence-electron chi connectivity index (χ1n) is 4.20. The molecule has 1 aliphatic carbocycles. The van der Waals surface area contributed by atoms with Crippen molar-refractivity contribution >= 4 is 17.1 Å². The number of Topliss-reactive ketones (excluding diaryl/α,β-unsaturated/α-hetero) is 1. The lowest BCUT2D eigenvalue weighted by Crippen LogP contribution is -2.08. The Labute approximate surface area is 80.0 Å². The summed E-state index contributed by atoms with van der Waals surface area (Å²) in [5.74, 6) is 0.140. The van der Waals surface area contributed by atoms with E-state index >= 15 is 0 Å². The summed E-state index contributed by atoms with van der Waals surface area (Å²) in [5.41, 5.74) is 0.626. The Morgan fingerprint density at radius 3 is 3.08 bits per heavy atom. The molecule has 2 rings (SSSR count). The molecule has 0 fully saturated rings.